The Morgan fingerprint density at radius 2 is 2.14 bits per heavy atom. The number of carbonyl (C=O) groups is 1. The van der Waals surface area contributed by atoms with Gasteiger partial charge in [-0.05, 0) is 39.3 Å². The lowest BCUT2D eigenvalue weighted by Gasteiger charge is -2.42. The van der Waals surface area contributed by atoms with Crippen molar-refractivity contribution >= 4 is 23.4 Å². The molecule has 2 rings (SSSR count). The van der Waals surface area contributed by atoms with Crippen molar-refractivity contribution in [2.45, 2.75) is 45.8 Å². The summed E-state index contributed by atoms with van der Waals surface area (Å²) in [7, 11) is 0. The molecule has 0 spiro atoms. The Bertz CT molecular complexity index is 513. The Labute approximate surface area is 137 Å². The molecule has 1 fully saturated rings. The van der Waals surface area contributed by atoms with Crippen LogP contribution < -0.4 is 4.90 Å². The standard InChI is InChI=1S/C16H24ClN3O2/c1-5-12-11-19(13-6-7-14(17)18-10-13)8-9-20(12)15(21)22-16(2,3)4/h6-7,10,12H,5,8-9,11H2,1-4H3/t12-/m0/s1. The maximum absolute atomic E-state index is 12.3. The lowest BCUT2D eigenvalue weighted by Crippen LogP contribution is -2.56. The van der Waals surface area contributed by atoms with Crippen LogP contribution in [0.25, 0.3) is 0 Å². The molecule has 1 aromatic heterocycles. The molecule has 0 bridgehead atoms. The number of hydrogen-bond acceptors (Lipinski definition) is 4. The number of piperazine rings is 1. The van der Waals surface area contributed by atoms with Gasteiger partial charge in [-0.25, -0.2) is 9.78 Å². The molecule has 1 saturated heterocycles. The average molecular weight is 326 g/mol. The molecule has 0 radical (unpaired) electrons. The minimum atomic E-state index is -0.466. The molecule has 0 unspecified atom stereocenters. The molecular weight excluding hydrogens is 302 g/mol. The molecule has 0 N–H and O–H groups in total. The zero-order valence-corrected chi connectivity index (χ0v) is 14.4. The number of ether oxygens (including phenoxy) is 1. The van der Waals surface area contributed by atoms with Crippen LogP contribution in [0, 0.1) is 0 Å². The van der Waals surface area contributed by atoms with Crippen molar-refractivity contribution in [2.75, 3.05) is 24.5 Å². The summed E-state index contributed by atoms with van der Waals surface area (Å²) >= 11 is 5.83. The van der Waals surface area contributed by atoms with Crippen molar-refractivity contribution in [3.8, 4) is 0 Å². The van der Waals surface area contributed by atoms with Crippen molar-refractivity contribution in [1.29, 1.82) is 0 Å². The topological polar surface area (TPSA) is 45.7 Å². The Balaban J connectivity index is 2.05. The fourth-order valence-corrected chi connectivity index (χ4v) is 2.67. The summed E-state index contributed by atoms with van der Waals surface area (Å²) < 4.78 is 5.50. The molecule has 5 nitrogen and oxygen atoms in total. The van der Waals surface area contributed by atoms with E-state index in [1.807, 2.05) is 31.7 Å². The van der Waals surface area contributed by atoms with Crippen LogP contribution in [0.5, 0.6) is 0 Å². The van der Waals surface area contributed by atoms with Gasteiger partial charge in [-0.2, -0.15) is 0 Å². The summed E-state index contributed by atoms with van der Waals surface area (Å²) in [5.41, 5.74) is 0.568. The molecule has 1 aliphatic heterocycles. The van der Waals surface area contributed by atoms with E-state index in [-0.39, 0.29) is 12.1 Å². The molecule has 122 valence electrons. The normalized spacial score (nSPS) is 19.2. The molecule has 22 heavy (non-hydrogen) atoms. The van der Waals surface area contributed by atoms with Gasteiger partial charge in [0.15, 0.2) is 0 Å². The van der Waals surface area contributed by atoms with E-state index in [2.05, 4.69) is 16.8 Å². The maximum atomic E-state index is 12.3. The number of nitrogens with zero attached hydrogens (tertiary/aromatic N) is 3. The Kier molecular flexibility index (Phi) is 5.16. The van der Waals surface area contributed by atoms with Crippen LogP contribution in [0.1, 0.15) is 34.1 Å². The third-order valence-electron chi connectivity index (χ3n) is 3.66. The number of carbonyl (C=O) groups excluding carboxylic acids is 1. The highest BCUT2D eigenvalue weighted by atomic mass is 35.5. The molecule has 2 heterocycles. The fourth-order valence-electron chi connectivity index (χ4n) is 2.56. The first-order valence-electron chi connectivity index (χ1n) is 7.66. The molecule has 1 aromatic rings. The first-order chi connectivity index (χ1) is 10.3. The van der Waals surface area contributed by atoms with Gasteiger partial charge in [-0.3, -0.25) is 0 Å². The summed E-state index contributed by atoms with van der Waals surface area (Å²) in [4.78, 5) is 20.5. The van der Waals surface area contributed by atoms with Crippen molar-refractivity contribution in [3.05, 3.63) is 23.5 Å². The Morgan fingerprint density at radius 3 is 2.68 bits per heavy atom. The number of rotatable bonds is 2. The van der Waals surface area contributed by atoms with Crippen LogP contribution in [0.2, 0.25) is 5.15 Å². The third kappa shape index (κ3) is 4.26. The van der Waals surface area contributed by atoms with E-state index in [1.54, 1.807) is 12.3 Å². The zero-order valence-electron chi connectivity index (χ0n) is 13.7. The summed E-state index contributed by atoms with van der Waals surface area (Å²) in [6.07, 6.45) is 2.43. The van der Waals surface area contributed by atoms with E-state index in [4.69, 9.17) is 16.3 Å². The van der Waals surface area contributed by atoms with Gasteiger partial charge in [0.05, 0.1) is 17.9 Å². The molecule has 0 saturated carbocycles. The lowest BCUT2D eigenvalue weighted by molar-refractivity contribution is 0.0137. The van der Waals surface area contributed by atoms with Crippen LogP contribution in [-0.4, -0.2) is 47.3 Å². The van der Waals surface area contributed by atoms with Gasteiger partial charge in [0, 0.05) is 19.6 Å². The Morgan fingerprint density at radius 1 is 1.41 bits per heavy atom. The lowest BCUT2D eigenvalue weighted by atomic mass is 10.1. The van der Waals surface area contributed by atoms with Crippen LogP contribution in [0.4, 0.5) is 10.5 Å². The van der Waals surface area contributed by atoms with Gasteiger partial charge in [-0.1, -0.05) is 18.5 Å². The predicted octanol–water partition coefficient (Wildman–Crippen LogP) is 3.57. The van der Waals surface area contributed by atoms with Gasteiger partial charge in [-0.15, -0.1) is 0 Å². The molecule has 1 atom stereocenters. The monoisotopic (exact) mass is 325 g/mol. The van der Waals surface area contributed by atoms with E-state index in [0.29, 0.717) is 11.7 Å². The second kappa shape index (κ2) is 6.73. The minimum absolute atomic E-state index is 0.138. The number of pyridine rings is 1. The van der Waals surface area contributed by atoms with E-state index in [0.717, 1.165) is 25.2 Å². The van der Waals surface area contributed by atoms with Crippen LogP contribution in [-0.2, 0) is 4.74 Å². The zero-order chi connectivity index (χ0) is 16.3. The molecule has 1 aliphatic rings. The third-order valence-corrected chi connectivity index (χ3v) is 3.88. The average Bonchev–Trinajstić information content (AvgIpc) is 2.45. The van der Waals surface area contributed by atoms with Gasteiger partial charge in [0.1, 0.15) is 10.8 Å². The van der Waals surface area contributed by atoms with Crippen LogP contribution in [0.15, 0.2) is 18.3 Å². The number of aromatic nitrogens is 1. The molecular formula is C16H24ClN3O2. The highest BCUT2D eigenvalue weighted by molar-refractivity contribution is 6.29. The van der Waals surface area contributed by atoms with E-state index in [1.165, 1.54) is 0 Å². The smallest absolute Gasteiger partial charge is 0.410 e. The molecule has 0 aromatic carbocycles. The maximum Gasteiger partial charge on any atom is 0.410 e. The van der Waals surface area contributed by atoms with Crippen molar-refractivity contribution < 1.29 is 9.53 Å². The first-order valence-corrected chi connectivity index (χ1v) is 8.04. The quantitative estimate of drug-likeness (QED) is 0.780. The predicted molar refractivity (Wildman–Crippen MR) is 88.5 cm³/mol. The highest BCUT2D eigenvalue weighted by Gasteiger charge is 2.32. The fraction of sp³-hybridized carbons (Fsp3) is 0.625. The number of halogens is 1. The summed E-state index contributed by atoms with van der Waals surface area (Å²) in [6.45, 7) is 9.95. The minimum Gasteiger partial charge on any atom is -0.444 e. The van der Waals surface area contributed by atoms with Gasteiger partial charge >= 0.3 is 6.09 Å². The van der Waals surface area contributed by atoms with E-state index >= 15 is 0 Å². The first kappa shape index (κ1) is 16.9. The highest BCUT2D eigenvalue weighted by Crippen LogP contribution is 2.22. The molecule has 0 aliphatic carbocycles. The molecule has 6 heteroatoms. The van der Waals surface area contributed by atoms with Crippen molar-refractivity contribution in [1.82, 2.24) is 9.88 Å². The Hall–Kier alpha value is -1.49. The van der Waals surface area contributed by atoms with E-state index in [9.17, 15) is 4.79 Å². The number of amides is 1. The number of hydrogen-bond donors (Lipinski definition) is 0. The SMILES string of the molecule is CC[C@H]1CN(c2ccc(Cl)nc2)CCN1C(=O)OC(C)(C)C. The van der Waals surface area contributed by atoms with Gasteiger partial charge in [0.25, 0.3) is 0 Å². The summed E-state index contributed by atoms with van der Waals surface area (Å²) in [5, 5.41) is 0.489. The van der Waals surface area contributed by atoms with Gasteiger partial charge < -0.3 is 14.5 Å². The second-order valence-electron chi connectivity index (χ2n) is 6.52. The van der Waals surface area contributed by atoms with E-state index < -0.39 is 5.60 Å². The van der Waals surface area contributed by atoms with Crippen molar-refractivity contribution in [2.24, 2.45) is 0 Å². The summed E-state index contributed by atoms with van der Waals surface area (Å²) in [5.74, 6) is 0. The van der Waals surface area contributed by atoms with Crippen molar-refractivity contribution in [3.63, 3.8) is 0 Å². The summed E-state index contributed by atoms with van der Waals surface area (Å²) in [6, 6.07) is 3.89. The largest absolute Gasteiger partial charge is 0.444 e. The van der Waals surface area contributed by atoms with Crippen LogP contribution >= 0.6 is 11.6 Å². The van der Waals surface area contributed by atoms with Gasteiger partial charge in [0.2, 0.25) is 0 Å². The molecule has 1 amide bonds. The number of anilines is 1. The second-order valence-corrected chi connectivity index (χ2v) is 6.91. The van der Waals surface area contributed by atoms with Crippen LogP contribution in [0.3, 0.4) is 0 Å².